The summed E-state index contributed by atoms with van der Waals surface area (Å²) in [5.74, 6) is 1.40. The van der Waals surface area contributed by atoms with Gasteiger partial charge in [0.1, 0.15) is 11.5 Å². The summed E-state index contributed by atoms with van der Waals surface area (Å²) >= 11 is 0. The first-order valence-corrected chi connectivity index (χ1v) is 8.08. The standard InChI is InChI=1S/C19H23NO4/c1-19(23-3)10-11-20(13-19)12-16-8-9-17(24-16)14-4-6-15(7-5-14)18(21)22-2/h4-9H,10-13H2,1-3H3. The molecule has 1 unspecified atom stereocenters. The lowest BCUT2D eigenvalue weighted by Crippen LogP contribution is -2.31. The fourth-order valence-electron chi connectivity index (χ4n) is 3.05. The molecule has 0 saturated carbocycles. The molecule has 0 aliphatic carbocycles. The number of esters is 1. The number of nitrogens with zero attached hydrogens (tertiary/aromatic N) is 1. The highest BCUT2D eigenvalue weighted by Crippen LogP contribution is 2.27. The predicted molar refractivity (Wildman–Crippen MR) is 90.8 cm³/mol. The molecule has 2 heterocycles. The van der Waals surface area contributed by atoms with Gasteiger partial charge in [-0.25, -0.2) is 4.79 Å². The van der Waals surface area contributed by atoms with Crippen molar-refractivity contribution >= 4 is 5.97 Å². The second-order valence-corrected chi connectivity index (χ2v) is 6.45. The molecule has 1 aromatic heterocycles. The van der Waals surface area contributed by atoms with Crippen molar-refractivity contribution in [1.82, 2.24) is 4.90 Å². The summed E-state index contributed by atoms with van der Waals surface area (Å²) in [4.78, 5) is 13.8. The lowest BCUT2D eigenvalue weighted by atomic mass is 10.1. The molecule has 1 saturated heterocycles. The van der Waals surface area contributed by atoms with Crippen molar-refractivity contribution in [2.45, 2.75) is 25.5 Å². The van der Waals surface area contributed by atoms with Crippen molar-refractivity contribution in [2.24, 2.45) is 0 Å². The number of ether oxygens (including phenoxy) is 2. The Morgan fingerprint density at radius 1 is 1.21 bits per heavy atom. The maximum atomic E-state index is 11.5. The van der Waals surface area contributed by atoms with Crippen LogP contribution in [0.5, 0.6) is 0 Å². The summed E-state index contributed by atoms with van der Waals surface area (Å²) in [6, 6.07) is 11.2. The van der Waals surface area contributed by atoms with Crippen LogP contribution in [0.2, 0.25) is 0 Å². The van der Waals surface area contributed by atoms with Gasteiger partial charge in [0.2, 0.25) is 0 Å². The highest BCUT2D eigenvalue weighted by atomic mass is 16.5. The molecule has 0 spiro atoms. The molecule has 5 nitrogen and oxygen atoms in total. The minimum absolute atomic E-state index is 0.0564. The normalized spacial score (nSPS) is 21.1. The number of furan rings is 1. The minimum atomic E-state index is -0.336. The van der Waals surface area contributed by atoms with Gasteiger partial charge in [-0.1, -0.05) is 12.1 Å². The Morgan fingerprint density at radius 2 is 1.96 bits per heavy atom. The number of benzene rings is 1. The van der Waals surface area contributed by atoms with E-state index in [-0.39, 0.29) is 11.6 Å². The maximum absolute atomic E-state index is 11.5. The third-order valence-electron chi connectivity index (χ3n) is 4.64. The second-order valence-electron chi connectivity index (χ2n) is 6.45. The monoisotopic (exact) mass is 329 g/mol. The van der Waals surface area contributed by atoms with Crippen LogP contribution in [0.15, 0.2) is 40.8 Å². The SMILES string of the molecule is COC(=O)c1ccc(-c2ccc(CN3CCC(C)(OC)C3)o2)cc1. The Balaban J connectivity index is 1.66. The molecule has 1 aliphatic heterocycles. The molecule has 5 heteroatoms. The Labute approximate surface area is 142 Å². The number of methoxy groups -OCH3 is 2. The maximum Gasteiger partial charge on any atom is 0.337 e. The molecule has 0 radical (unpaired) electrons. The van der Waals surface area contributed by atoms with Crippen LogP contribution in [0, 0.1) is 0 Å². The lowest BCUT2D eigenvalue weighted by Gasteiger charge is -2.22. The topological polar surface area (TPSA) is 51.9 Å². The zero-order chi connectivity index (χ0) is 17.2. The molecule has 1 atom stereocenters. The van der Waals surface area contributed by atoms with Crippen LogP contribution < -0.4 is 0 Å². The number of hydrogen-bond donors (Lipinski definition) is 0. The van der Waals surface area contributed by atoms with E-state index in [0.717, 1.165) is 43.1 Å². The Morgan fingerprint density at radius 3 is 2.58 bits per heavy atom. The van der Waals surface area contributed by atoms with E-state index in [4.69, 9.17) is 13.9 Å². The number of carbonyl (C=O) groups excluding carboxylic acids is 1. The predicted octanol–water partition coefficient (Wildman–Crippen LogP) is 3.34. The lowest BCUT2D eigenvalue weighted by molar-refractivity contribution is 0.0138. The molecule has 0 amide bonds. The van der Waals surface area contributed by atoms with Crippen LogP contribution in [-0.4, -0.2) is 43.8 Å². The Hall–Kier alpha value is -2.11. The van der Waals surface area contributed by atoms with Crippen LogP contribution in [0.1, 0.15) is 29.5 Å². The molecule has 0 N–H and O–H groups in total. The van der Waals surface area contributed by atoms with Crippen molar-refractivity contribution in [3.05, 3.63) is 47.7 Å². The third-order valence-corrected chi connectivity index (χ3v) is 4.64. The molecule has 0 bridgehead atoms. The van der Waals surface area contributed by atoms with Gasteiger partial charge in [-0.15, -0.1) is 0 Å². The third kappa shape index (κ3) is 3.52. The van der Waals surface area contributed by atoms with Crippen molar-refractivity contribution < 1.29 is 18.7 Å². The average Bonchev–Trinajstić information content (AvgIpc) is 3.22. The number of carbonyl (C=O) groups is 1. The fraction of sp³-hybridized carbons (Fsp3) is 0.421. The highest BCUT2D eigenvalue weighted by Gasteiger charge is 2.33. The van der Waals surface area contributed by atoms with E-state index in [2.05, 4.69) is 11.8 Å². The summed E-state index contributed by atoms with van der Waals surface area (Å²) in [6.45, 7) is 4.84. The van der Waals surface area contributed by atoms with Crippen molar-refractivity contribution in [1.29, 1.82) is 0 Å². The van der Waals surface area contributed by atoms with Gasteiger partial charge >= 0.3 is 5.97 Å². The van der Waals surface area contributed by atoms with Gasteiger partial charge in [0.15, 0.2) is 0 Å². The van der Waals surface area contributed by atoms with Gasteiger partial charge in [0.25, 0.3) is 0 Å². The average molecular weight is 329 g/mol. The van der Waals surface area contributed by atoms with Gasteiger partial charge in [-0.3, -0.25) is 4.90 Å². The molecule has 2 aromatic rings. The van der Waals surface area contributed by atoms with Crippen molar-refractivity contribution in [2.75, 3.05) is 27.3 Å². The fourth-order valence-corrected chi connectivity index (χ4v) is 3.05. The largest absolute Gasteiger partial charge is 0.465 e. The minimum Gasteiger partial charge on any atom is -0.465 e. The second kappa shape index (κ2) is 6.79. The van der Waals surface area contributed by atoms with Crippen LogP contribution in [0.3, 0.4) is 0 Å². The first kappa shape index (κ1) is 16.7. The van der Waals surface area contributed by atoms with Crippen molar-refractivity contribution in [3.63, 3.8) is 0 Å². The van der Waals surface area contributed by atoms with Crippen LogP contribution >= 0.6 is 0 Å². The summed E-state index contributed by atoms with van der Waals surface area (Å²) in [6.07, 6.45) is 1.03. The summed E-state index contributed by atoms with van der Waals surface area (Å²) in [5.41, 5.74) is 1.42. The smallest absolute Gasteiger partial charge is 0.337 e. The van der Waals surface area contributed by atoms with Gasteiger partial charge < -0.3 is 13.9 Å². The molecule has 1 aliphatic rings. The van der Waals surface area contributed by atoms with Crippen molar-refractivity contribution in [3.8, 4) is 11.3 Å². The molecule has 1 fully saturated rings. The number of hydrogen-bond acceptors (Lipinski definition) is 5. The van der Waals surface area contributed by atoms with E-state index in [0.29, 0.717) is 5.56 Å². The van der Waals surface area contributed by atoms with Gasteiger partial charge in [-0.05, 0) is 37.6 Å². The van der Waals surface area contributed by atoms with E-state index in [9.17, 15) is 4.79 Å². The number of likely N-dealkylation sites (tertiary alicyclic amines) is 1. The van der Waals surface area contributed by atoms with E-state index >= 15 is 0 Å². The summed E-state index contributed by atoms with van der Waals surface area (Å²) < 4.78 is 16.2. The Kier molecular flexibility index (Phi) is 4.73. The van der Waals surface area contributed by atoms with E-state index in [1.807, 2.05) is 24.3 Å². The zero-order valence-corrected chi connectivity index (χ0v) is 14.4. The molecule has 24 heavy (non-hydrogen) atoms. The Bertz CT molecular complexity index is 706. The zero-order valence-electron chi connectivity index (χ0n) is 14.4. The quantitative estimate of drug-likeness (QED) is 0.788. The molecular formula is C19H23NO4. The van der Waals surface area contributed by atoms with E-state index < -0.39 is 0 Å². The molecule has 1 aromatic carbocycles. The summed E-state index contributed by atoms with van der Waals surface area (Å²) in [5, 5.41) is 0. The van der Waals surface area contributed by atoms with Gasteiger partial charge in [0.05, 0.1) is 24.8 Å². The highest BCUT2D eigenvalue weighted by molar-refractivity contribution is 5.89. The van der Waals surface area contributed by atoms with Gasteiger partial charge in [0, 0.05) is 25.8 Å². The molecular weight excluding hydrogens is 306 g/mol. The summed E-state index contributed by atoms with van der Waals surface area (Å²) in [7, 11) is 3.15. The number of rotatable bonds is 5. The first-order chi connectivity index (χ1) is 11.5. The van der Waals surface area contributed by atoms with E-state index in [1.165, 1.54) is 7.11 Å². The van der Waals surface area contributed by atoms with E-state index in [1.54, 1.807) is 19.2 Å². The first-order valence-electron chi connectivity index (χ1n) is 8.08. The van der Waals surface area contributed by atoms with Crippen LogP contribution in [-0.2, 0) is 16.0 Å². The van der Waals surface area contributed by atoms with Crippen LogP contribution in [0.4, 0.5) is 0 Å². The molecule has 128 valence electrons. The van der Waals surface area contributed by atoms with Gasteiger partial charge in [-0.2, -0.15) is 0 Å². The van der Waals surface area contributed by atoms with Crippen LogP contribution in [0.25, 0.3) is 11.3 Å². The molecule has 3 rings (SSSR count).